The van der Waals surface area contributed by atoms with Gasteiger partial charge in [0.1, 0.15) is 0 Å². The van der Waals surface area contributed by atoms with E-state index < -0.39 is 0 Å². The first-order chi connectivity index (χ1) is 11.6. The Morgan fingerprint density at radius 3 is 2.67 bits per heavy atom. The van der Waals surface area contributed by atoms with Crippen molar-refractivity contribution in [3.05, 3.63) is 54.0 Å². The van der Waals surface area contributed by atoms with Crippen molar-refractivity contribution in [1.82, 2.24) is 20.2 Å². The van der Waals surface area contributed by atoms with Crippen LogP contribution in [0.5, 0.6) is 0 Å². The first-order valence-electron chi connectivity index (χ1n) is 7.45. The molecule has 0 aliphatic heterocycles. The Hall–Kier alpha value is -2.67. The van der Waals surface area contributed by atoms with Crippen molar-refractivity contribution in [1.29, 1.82) is 0 Å². The van der Waals surface area contributed by atoms with Crippen LogP contribution in [0, 0.1) is 13.8 Å². The van der Waals surface area contributed by atoms with E-state index in [1.165, 1.54) is 11.8 Å². The van der Waals surface area contributed by atoms with Crippen molar-refractivity contribution < 1.29 is 4.79 Å². The van der Waals surface area contributed by atoms with Crippen LogP contribution in [0.4, 0.5) is 5.69 Å². The molecule has 2 heterocycles. The van der Waals surface area contributed by atoms with Gasteiger partial charge in [0.05, 0.1) is 11.4 Å². The number of rotatable bonds is 5. The van der Waals surface area contributed by atoms with E-state index >= 15 is 0 Å². The van der Waals surface area contributed by atoms with Gasteiger partial charge in [-0.05, 0) is 38.1 Å². The Kier molecular flexibility index (Phi) is 4.90. The van der Waals surface area contributed by atoms with Crippen LogP contribution in [-0.4, -0.2) is 31.8 Å². The van der Waals surface area contributed by atoms with Crippen LogP contribution in [0.15, 0.2) is 47.8 Å². The summed E-state index contributed by atoms with van der Waals surface area (Å²) < 4.78 is 0. The number of hydrogen-bond acceptors (Lipinski definition) is 5. The Balaban J connectivity index is 1.62. The van der Waals surface area contributed by atoms with Gasteiger partial charge in [-0.3, -0.25) is 9.89 Å². The lowest BCUT2D eigenvalue weighted by Crippen LogP contribution is -2.14. The average Bonchev–Trinajstić information content (AvgIpc) is 3.07. The second-order valence-corrected chi connectivity index (χ2v) is 6.26. The van der Waals surface area contributed by atoms with Gasteiger partial charge in [-0.2, -0.15) is 5.10 Å². The molecule has 0 radical (unpaired) electrons. The van der Waals surface area contributed by atoms with Crippen molar-refractivity contribution in [2.24, 2.45) is 0 Å². The molecule has 0 spiro atoms. The fraction of sp³-hybridized carbons (Fsp3) is 0.176. The maximum Gasteiger partial charge on any atom is 0.234 e. The molecule has 24 heavy (non-hydrogen) atoms. The molecule has 1 aromatic carbocycles. The molecule has 1 amide bonds. The summed E-state index contributed by atoms with van der Waals surface area (Å²) >= 11 is 1.33. The maximum atomic E-state index is 12.1. The molecule has 0 atom stereocenters. The summed E-state index contributed by atoms with van der Waals surface area (Å²) in [5.74, 6) is 0.168. The molecular formula is C17H17N5OS. The summed E-state index contributed by atoms with van der Waals surface area (Å²) in [4.78, 5) is 20.8. The van der Waals surface area contributed by atoms with Crippen LogP contribution in [0.1, 0.15) is 11.4 Å². The molecule has 2 N–H and O–H groups in total. The van der Waals surface area contributed by atoms with Gasteiger partial charge in [-0.1, -0.05) is 23.9 Å². The van der Waals surface area contributed by atoms with Crippen molar-refractivity contribution >= 4 is 23.4 Å². The molecule has 0 bridgehead atoms. The van der Waals surface area contributed by atoms with E-state index in [0.29, 0.717) is 5.16 Å². The summed E-state index contributed by atoms with van der Waals surface area (Å²) in [7, 11) is 0. The number of benzene rings is 1. The fourth-order valence-corrected chi connectivity index (χ4v) is 3.02. The van der Waals surface area contributed by atoms with Gasteiger partial charge in [0.25, 0.3) is 0 Å². The average molecular weight is 339 g/mol. The van der Waals surface area contributed by atoms with Gasteiger partial charge < -0.3 is 5.32 Å². The third kappa shape index (κ3) is 4.20. The zero-order valence-electron chi connectivity index (χ0n) is 13.4. The second-order valence-electron chi connectivity index (χ2n) is 5.32. The van der Waals surface area contributed by atoms with E-state index in [1.54, 1.807) is 6.20 Å². The van der Waals surface area contributed by atoms with Crippen LogP contribution < -0.4 is 5.32 Å². The minimum Gasteiger partial charge on any atom is -0.325 e. The number of anilines is 1. The topological polar surface area (TPSA) is 83.6 Å². The number of aromatic amines is 1. The monoisotopic (exact) mass is 339 g/mol. The Morgan fingerprint density at radius 2 is 1.96 bits per heavy atom. The molecule has 122 valence electrons. The molecule has 7 heteroatoms. The highest BCUT2D eigenvalue weighted by Gasteiger charge is 2.08. The number of H-pyrrole nitrogens is 1. The Morgan fingerprint density at radius 1 is 1.17 bits per heavy atom. The second kappa shape index (κ2) is 7.27. The predicted octanol–water partition coefficient (Wildman–Crippen LogP) is 3.21. The number of hydrogen-bond donors (Lipinski definition) is 2. The lowest BCUT2D eigenvalue weighted by molar-refractivity contribution is -0.113. The maximum absolute atomic E-state index is 12.1. The molecule has 3 aromatic rings. The van der Waals surface area contributed by atoms with Crippen LogP contribution in [0.2, 0.25) is 0 Å². The first-order valence-corrected chi connectivity index (χ1v) is 8.43. The molecule has 0 aliphatic carbocycles. The lowest BCUT2D eigenvalue weighted by Gasteiger charge is -2.07. The van der Waals surface area contributed by atoms with Crippen LogP contribution in [0.25, 0.3) is 11.3 Å². The molecular weight excluding hydrogens is 322 g/mol. The number of amides is 1. The summed E-state index contributed by atoms with van der Waals surface area (Å²) in [5, 5.41) is 10.4. The SMILES string of the molecule is Cc1cc(C)nc(SCC(=O)Nc2cccc(-c3ccn[nH]3)c2)n1. The lowest BCUT2D eigenvalue weighted by atomic mass is 10.1. The van der Waals surface area contributed by atoms with Crippen molar-refractivity contribution in [2.75, 3.05) is 11.1 Å². The third-order valence-corrected chi connectivity index (χ3v) is 4.10. The zero-order valence-corrected chi connectivity index (χ0v) is 14.2. The van der Waals surface area contributed by atoms with E-state index in [-0.39, 0.29) is 11.7 Å². The molecule has 3 rings (SSSR count). The summed E-state index contributed by atoms with van der Waals surface area (Å²) in [6, 6.07) is 11.4. The zero-order chi connectivity index (χ0) is 16.9. The Bertz CT molecular complexity index is 828. The number of aromatic nitrogens is 4. The van der Waals surface area contributed by atoms with Gasteiger partial charge in [-0.25, -0.2) is 9.97 Å². The van der Waals surface area contributed by atoms with E-state index in [4.69, 9.17) is 0 Å². The number of thioether (sulfide) groups is 1. The highest BCUT2D eigenvalue weighted by Crippen LogP contribution is 2.21. The number of carbonyl (C=O) groups excluding carboxylic acids is 1. The number of nitrogens with one attached hydrogen (secondary N) is 2. The quantitative estimate of drug-likeness (QED) is 0.551. The molecule has 2 aromatic heterocycles. The smallest absolute Gasteiger partial charge is 0.234 e. The number of carbonyl (C=O) groups is 1. The van der Waals surface area contributed by atoms with Crippen molar-refractivity contribution in [3.63, 3.8) is 0 Å². The Labute approximate surface area is 144 Å². The minimum atomic E-state index is -0.0930. The van der Waals surface area contributed by atoms with E-state index in [2.05, 4.69) is 25.5 Å². The highest BCUT2D eigenvalue weighted by molar-refractivity contribution is 7.99. The standard InChI is InChI=1S/C17H17N5OS/c1-11-8-12(2)20-17(19-11)24-10-16(23)21-14-5-3-4-13(9-14)15-6-7-18-22-15/h3-9H,10H2,1-2H3,(H,18,22)(H,21,23). The summed E-state index contributed by atoms with van der Waals surface area (Å²) in [6.45, 7) is 3.83. The van der Waals surface area contributed by atoms with Gasteiger partial charge >= 0.3 is 0 Å². The van der Waals surface area contributed by atoms with Crippen LogP contribution in [-0.2, 0) is 4.79 Å². The highest BCUT2D eigenvalue weighted by atomic mass is 32.2. The summed E-state index contributed by atoms with van der Waals surface area (Å²) in [6.07, 6.45) is 1.70. The number of aryl methyl sites for hydroxylation is 2. The minimum absolute atomic E-state index is 0.0930. The van der Waals surface area contributed by atoms with E-state index in [9.17, 15) is 4.79 Å². The molecule has 0 saturated heterocycles. The number of nitrogens with zero attached hydrogens (tertiary/aromatic N) is 3. The first kappa shape index (κ1) is 16.2. The molecule has 0 saturated carbocycles. The molecule has 0 aliphatic rings. The van der Waals surface area contributed by atoms with Gasteiger partial charge in [0.2, 0.25) is 5.91 Å². The van der Waals surface area contributed by atoms with Gasteiger partial charge in [-0.15, -0.1) is 0 Å². The molecule has 0 unspecified atom stereocenters. The third-order valence-electron chi connectivity index (χ3n) is 3.25. The molecule has 6 nitrogen and oxygen atoms in total. The fourth-order valence-electron chi connectivity index (χ4n) is 2.27. The largest absolute Gasteiger partial charge is 0.325 e. The summed E-state index contributed by atoms with van der Waals surface area (Å²) in [5.41, 5.74) is 4.42. The molecule has 0 fully saturated rings. The van der Waals surface area contributed by atoms with Crippen LogP contribution >= 0.6 is 11.8 Å². The van der Waals surface area contributed by atoms with Gasteiger partial charge in [0, 0.05) is 28.8 Å². The van der Waals surface area contributed by atoms with E-state index in [0.717, 1.165) is 28.3 Å². The predicted molar refractivity (Wildman–Crippen MR) is 94.9 cm³/mol. The van der Waals surface area contributed by atoms with Crippen molar-refractivity contribution in [2.45, 2.75) is 19.0 Å². The van der Waals surface area contributed by atoms with Crippen LogP contribution in [0.3, 0.4) is 0 Å². The van der Waals surface area contributed by atoms with Gasteiger partial charge in [0.15, 0.2) is 5.16 Å². The normalized spacial score (nSPS) is 10.6. The van der Waals surface area contributed by atoms with E-state index in [1.807, 2.05) is 50.2 Å². The van der Waals surface area contributed by atoms with Crippen molar-refractivity contribution in [3.8, 4) is 11.3 Å².